The number of hydrogen-bond donors (Lipinski definition) is 3. The molecule has 0 aromatic heterocycles. The van der Waals surface area contributed by atoms with Crippen LogP contribution in [0.15, 0.2) is 61.7 Å². The van der Waals surface area contributed by atoms with Crippen LogP contribution in [0.1, 0.15) is 68.2 Å². The number of allylic oxidation sites excluding steroid dienone is 1. The zero-order valence-electron chi connectivity index (χ0n) is 26.5. The van der Waals surface area contributed by atoms with Crippen molar-refractivity contribution < 1.29 is 28.2 Å². The molecular weight excluding hydrogens is 626 g/mol. The summed E-state index contributed by atoms with van der Waals surface area (Å²) in [4.78, 5) is 14.0. The molecule has 1 amide bonds. The molecule has 0 unspecified atom stereocenters. The molecular formula is C35H46ClN3O6S. The molecule has 250 valence electrons. The molecule has 2 aromatic rings. The summed E-state index contributed by atoms with van der Waals surface area (Å²) < 4.78 is 35.7. The predicted molar refractivity (Wildman–Crippen MR) is 181 cm³/mol. The summed E-state index contributed by atoms with van der Waals surface area (Å²) in [5, 5.41) is 22.8. The van der Waals surface area contributed by atoms with Gasteiger partial charge in [-0.3, -0.25) is 4.79 Å². The van der Waals surface area contributed by atoms with Gasteiger partial charge in [0.1, 0.15) is 5.75 Å². The summed E-state index contributed by atoms with van der Waals surface area (Å²) in [5.74, 6) is 0.372. The number of halogens is 1. The number of amides is 1. The highest BCUT2D eigenvalue weighted by molar-refractivity contribution is 7.87. The van der Waals surface area contributed by atoms with Gasteiger partial charge in [-0.15, -0.1) is 13.2 Å². The van der Waals surface area contributed by atoms with Crippen molar-refractivity contribution in [1.29, 1.82) is 0 Å². The van der Waals surface area contributed by atoms with Gasteiger partial charge in [-0.05, 0) is 97.7 Å². The molecule has 1 aliphatic heterocycles. The Bertz CT molecular complexity index is 1550. The van der Waals surface area contributed by atoms with Crippen LogP contribution < -0.4 is 14.4 Å². The Hall–Kier alpha value is -2.89. The number of aryl methyl sites for hydroxylation is 1. The molecule has 5 rings (SSSR count). The lowest BCUT2D eigenvalue weighted by Gasteiger charge is -2.45. The summed E-state index contributed by atoms with van der Waals surface area (Å²) in [7, 11) is -4.15. The number of anilines is 1. The smallest absolute Gasteiger partial charge is 0.303 e. The van der Waals surface area contributed by atoms with Crippen LogP contribution in [-0.2, 0) is 26.8 Å². The van der Waals surface area contributed by atoms with E-state index in [1.807, 2.05) is 22.9 Å². The average Bonchev–Trinajstić information content (AvgIpc) is 3.14. The number of rotatable bonds is 13. The number of nitrogens with zero attached hydrogens (tertiary/aromatic N) is 2. The summed E-state index contributed by atoms with van der Waals surface area (Å²) in [6.07, 6.45) is 7.52. The Morgan fingerprint density at radius 2 is 2.04 bits per heavy atom. The maximum absolute atomic E-state index is 13.0. The maximum Gasteiger partial charge on any atom is 0.303 e. The third kappa shape index (κ3) is 7.47. The molecule has 0 radical (unpaired) electrons. The van der Waals surface area contributed by atoms with E-state index in [9.17, 15) is 23.4 Å². The number of carbonyl (C=O) groups excluding carboxylic acids is 1. The lowest BCUT2D eigenvalue weighted by atomic mass is 9.68. The number of aliphatic hydroxyl groups is 2. The largest absolute Gasteiger partial charge is 0.490 e. The fourth-order valence-corrected chi connectivity index (χ4v) is 8.73. The summed E-state index contributed by atoms with van der Waals surface area (Å²) in [6, 6.07) is 11.7. The average molecular weight is 672 g/mol. The van der Waals surface area contributed by atoms with Crippen molar-refractivity contribution in [1.82, 2.24) is 9.03 Å². The van der Waals surface area contributed by atoms with Gasteiger partial charge in [0.2, 0.25) is 5.91 Å². The minimum atomic E-state index is -4.15. The minimum Gasteiger partial charge on any atom is -0.490 e. The molecule has 2 aliphatic carbocycles. The Labute approximate surface area is 278 Å². The molecule has 46 heavy (non-hydrogen) atoms. The first-order valence-corrected chi connectivity index (χ1v) is 18.0. The van der Waals surface area contributed by atoms with Gasteiger partial charge in [-0.2, -0.15) is 12.7 Å². The first-order chi connectivity index (χ1) is 22.0. The second-order valence-electron chi connectivity index (χ2n) is 13.0. The predicted octanol–water partition coefficient (Wildman–Crippen LogP) is 5.07. The molecule has 3 N–H and O–H groups in total. The molecule has 0 saturated heterocycles. The Morgan fingerprint density at radius 3 is 2.74 bits per heavy atom. The van der Waals surface area contributed by atoms with Crippen molar-refractivity contribution in [2.24, 2.45) is 11.8 Å². The van der Waals surface area contributed by atoms with Crippen molar-refractivity contribution in [3.63, 3.8) is 0 Å². The van der Waals surface area contributed by atoms with Crippen LogP contribution in [0.5, 0.6) is 5.75 Å². The Balaban J connectivity index is 1.48. The van der Waals surface area contributed by atoms with Gasteiger partial charge >= 0.3 is 10.2 Å². The highest BCUT2D eigenvalue weighted by Gasteiger charge is 2.44. The second-order valence-corrected chi connectivity index (χ2v) is 15.1. The fraction of sp³-hybridized carbons (Fsp3) is 0.514. The van der Waals surface area contributed by atoms with Gasteiger partial charge in [0.15, 0.2) is 0 Å². The third-order valence-corrected chi connectivity index (χ3v) is 11.7. The molecule has 3 aliphatic rings. The van der Waals surface area contributed by atoms with E-state index in [1.165, 1.54) is 11.1 Å². The van der Waals surface area contributed by atoms with Crippen LogP contribution in [0.25, 0.3) is 0 Å². The number of carbonyl (C=O) groups is 1. The zero-order chi connectivity index (χ0) is 33.1. The van der Waals surface area contributed by atoms with Gasteiger partial charge in [-0.1, -0.05) is 35.9 Å². The molecule has 2 aromatic carbocycles. The summed E-state index contributed by atoms with van der Waals surface area (Å²) in [5.41, 5.74) is 3.58. The molecule has 0 bridgehead atoms. The number of benzene rings is 2. The standard InChI is InChI=1S/C35H46ClN3O6S/c1-4-6-7-17-39(46(43,44)37-24(3)40)21-33(42)26-11-15-34-31(19-26)38(20-27-10-13-29(27)32(41)5-2)22-35(23-45-34)16-8-9-25-18-28(36)12-14-30(25)35/h4-5,11-12,14-15,18-19,27,29,32-33,41-42H,1-2,6-10,13,16-17,20-23H2,3H3,(H,37,40)/t27-,29+,32-,33-,35-/m0/s1. The highest BCUT2D eigenvalue weighted by atomic mass is 35.5. The molecule has 1 heterocycles. The van der Waals surface area contributed by atoms with Gasteiger partial charge in [0.05, 0.1) is 24.5 Å². The van der Waals surface area contributed by atoms with Crippen LogP contribution in [0.3, 0.4) is 0 Å². The van der Waals surface area contributed by atoms with Crippen molar-refractivity contribution in [3.8, 4) is 5.75 Å². The minimum absolute atomic E-state index is 0.118. The normalized spacial score (nSPS) is 23.7. The van der Waals surface area contributed by atoms with Crippen LogP contribution in [0, 0.1) is 11.8 Å². The SMILES string of the molecule is C=CCCCN(C[C@H](O)c1ccc2c(c1)N(C[C@@H]1CC[C@H]1[C@@H](O)C=C)C[C@@]1(CCCc3cc(Cl)ccc31)CO2)S(=O)(=O)NC(C)=O. The summed E-state index contributed by atoms with van der Waals surface area (Å²) in [6.45, 7) is 10.4. The third-order valence-electron chi connectivity index (χ3n) is 9.86. The van der Waals surface area contributed by atoms with E-state index < -0.39 is 28.3 Å². The molecule has 1 fully saturated rings. The van der Waals surface area contributed by atoms with Gasteiger partial charge < -0.3 is 19.8 Å². The number of nitrogens with one attached hydrogen (secondary N) is 1. The lowest BCUT2D eigenvalue weighted by Crippen LogP contribution is -2.49. The molecule has 1 saturated carbocycles. The maximum atomic E-state index is 13.0. The van der Waals surface area contributed by atoms with Crippen molar-refractivity contribution in [2.75, 3.05) is 37.7 Å². The van der Waals surface area contributed by atoms with E-state index in [1.54, 1.807) is 18.2 Å². The van der Waals surface area contributed by atoms with E-state index >= 15 is 0 Å². The highest BCUT2D eigenvalue weighted by Crippen LogP contribution is 2.47. The van der Waals surface area contributed by atoms with E-state index in [0.29, 0.717) is 43.9 Å². The van der Waals surface area contributed by atoms with Crippen LogP contribution in [-0.4, -0.2) is 67.7 Å². The van der Waals surface area contributed by atoms with E-state index in [4.69, 9.17) is 16.3 Å². The number of hydrogen-bond acceptors (Lipinski definition) is 7. The van der Waals surface area contributed by atoms with Crippen molar-refractivity contribution >= 4 is 33.4 Å². The number of aliphatic hydroxyl groups excluding tert-OH is 2. The van der Waals surface area contributed by atoms with Crippen LogP contribution in [0.2, 0.25) is 5.02 Å². The second kappa shape index (κ2) is 14.5. The first-order valence-electron chi connectivity index (χ1n) is 16.1. The number of unbranched alkanes of at least 4 members (excludes halogenated alkanes) is 1. The van der Waals surface area contributed by atoms with E-state index in [0.717, 1.165) is 54.0 Å². The molecule has 9 nitrogen and oxygen atoms in total. The van der Waals surface area contributed by atoms with Gasteiger partial charge in [-0.25, -0.2) is 4.72 Å². The van der Waals surface area contributed by atoms with Crippen LogP contribution >= 0.6 is 11.6 Å². The van der Waals surface area contributed by atoms with E-state index in [-0.39, 0.29) is 30.3 Å². The first kappa shape index (κ1) is 34.4. The molecule has 1 spiro atoms. The Kier molecular flexibility index (Phi) is 10.8. The molecule has 11 heteroatoms. The quantitative estimate of drug-likeness (QED) is 0.201. The van der Waals surface area contributed by atoms with Crippen molar-refractivity contribution in [3.05, 3.63) is 83.4 Å². The topological polar surface area (TPSA) is 119 Å². The number of ether oxygens (including phenoxy) is 1. The van der Waals surface area contributed by atoms with Crippen LogP contribution in [0.4, 0.5) is 5.69 Å². The summed E-state index contributed by atoms with van der Waals surface area (Å²) >= 11 is 6.40. The fourth-order valence-electron chi connectivity index (χ4n) is 7.33. The van der Waals surface area contributed by atoms with Gasteiger partial charge in [0.25, 0.3) is 0 Å². The monoisotopic (exact) mass is 671 g/mol. The zero-order valence-corrected chi connectivity index (χ0v) is 28.1. The molecule has 5 atom stereocenters. The van der Waals surface area contributed by atoms with Crippen molar-refractivity contribution in [2.45, 2.75) is 69.5 Å². The number of fused-ring (bicyclic) bond motifs is 3. The van der Waals surface area contributed by atoms with E-state index in [2.05, 4.69) is 30.2 Å². The lowest BCUT2D eigenvalue weighted by molar-refractivity contribution is -0.117. The van der Waals surface area contributed by atoms with Gasteiger partial charge in [0, 0.05) is 43.5 Å². The Morgan fingerprint density at radius 1 is 1.24 bits per heavy atom.